The van der Waals surface area contributed by atoms with Crippen LogP contribution >= 0.6 is 0 Å². The molecule has 0 N–H and O–H groups in total. The normalized spacial score (nSPS) is 18.6. The lowest BCUT2D eigenvalue weighted by molar-refractivity contribution is -0.00542. The number of hydrogen-bond donors (Lipinski definition) is 0. The zero-order valence-electron chi connectivity index (χ0n) is 6.20. The average molecular weight is 172 g/mol. The van der Waals surface area contributed by atoms with Crippen LogP contribution in [0.1, 0.15) is 6.92 Å². The third-order valence-corrected chi connectivity index (χ3v) is 3.68. The molecule has 0 rings (SSSR count). The van der Waals surface area contributed by atoms with E-state index in [0.717, 1.165) is 6.92 Å². The molecule has 0 bridgehead atoms. The smallest absolute Gasteiger partial charge is 0.283 e. The SMILES string of the molecule is CO[SiH](C)C(F)(F)C(C)F. The first kappa shape index (κ1) is 9.97. The van der Waals surface area contributed by atoms with Crippen molar-refractivity contribution in [1.29, 1.82) is 0 Å². The van der Waals surface area contributed by atoms with Gasteiger partial charge in [-0.1, -0.05) is 0 Å². The molecular weight excluding hydrogens is 161 g/mol. The van der Waals surface area contributed by atoms with E-state index in [0.29, 0.717) is 0 Å². The highest BCUT2D eigenvalue weighted by molar-refractivity contribution is 6.53. The molecule has 5 heteroatoms. The highest BCUT2D eigenvalue weighted by Crippen LogP contribution is 2.24. The van der Waals surface area contributed by atoms with Crippen LogP contribution in [0.15, 0.2) is 0 Å². The Kier molecular flexibility index (Phi) is 3.37. The summed E-state index contributed by atoms with van der Waals surface area (Å²) < 4.78 is 41.6. The molecule has 0 aliphatic carbocycles. The van der Waals surface area contributed by atoms with Crippen LogP contribution in [0.5, 0.6) is 0 Å². The molecule has 0 spiro atoms. The third kappa shape index (κ3) is 1.98. The summed E-state index contributed by atoms with van der Waals surface area (Å²) in [6, 6.07) is 0. The van der Waals surface area contributed by atoms with Crippen LogP contribution in [0.25, 0.3) is 0 Å². The van der Waals surface area contributed by atoms with E-state index in [4.69, 9.17) is 0 Å². The minimum Gasteiger partial charge on any atom is -0.416 e. The highest BCUT2D eigenvalue weighted by Gasteiger charge is 2.44. The van der Waals surface area contributed by atoms with Crippen molar-refractivity contribution >= 4 is 9.04 Å². The lowest BCUT2D eigenvalue weighted by atomic mass is 10.5. The molecule has 0 heterocycles. The van der Waals surface area contributed by atoms with Crippen molar-refractivity contribution in [1.82, 2.24) is 0 Å². The highest BCUT2D eigenvalue weighted by atomic mass is 28.3. The van der Waals surface area contributed by atoms with E-state index in [2.05, 4.69) is 4.43 Å². The first-order valence-electron chi connectivity index (χ1n) is 2.97. The molecule has 0 radical (unpaired) electrons. The monoisotopic (exact) mass is 172 g/mol. The molecule has 0 fully saturated rings. The number of rotatable bonds is 3. The van der Waals surface area contributed by atoms with E-state index in [1.165, 1.54) is 13.7 Å². The van der Waals surface area contributed by atoms with E-state index < -0.39 is 20.8 Å². The van der Waals surface area contributed by atoms with Crippen molar-refractivity contribution < 1.29 is 17.6 Å². The van der Waals surface area contributed by atoms with Gasteiger partial charge in [-0.2, -0.15) is 0 Å². The molecule has 0 aliphatic heterocycles. The summed E-state index contributed by atoms with van der Waals surface area (Å²) in [6.07, 6.45) is -2.10. The minimum absolute atomic E-state index is 0.850. The lowest BCUT2D eigenvalue weighted by Crippen LogP contribution is -2.44. The molecule has 1 nitrogen and oxygen atoms in total. The molecule has 0 aromatic carbocycles. The van der Waals surface area contributed by atoms with E-state index in [1.54, 1.807) is 0 Å². The van der Waals surface area contributed by atoms with Crippen LogP contribution in [0, 0.1) is 0 Å². The fourth-order valence-corrected chi connectivity index (χ4v) is 1.44. The quantitative estimate of drug-likeness (QED) is 0.586. The Balaban J connectivity index is 4.09. The van der Waals surface area contributed by atoms with Crippen LogP contribution in [-0.2, 0) is 4.43 Å². The van der Waals surface area contributed by atoms with Crippen molar-refractivity contribution in [3.05, 3.63) is 0 Å². The Morgan fingerprint density at radius 3 is 2.00 bits per heavy atom. The second-order valence-corrected chi connectivity index (χ2v) is 4.69. The van der Waals surface area contributed by atoms with Gasteiger partial charge in [0.25, 0.3) is 14.6 Å². The minimum atomic E-state index is -3.24. The molecule has 0 aromatic heterocycles. The maximum atomic E-state index is 12.5. The lowest BCUT2D eigenvalue weighted by Gasteiger charge is -2.21. The van der Waals surface area contributed by atoms with Gasteiger partial charge in [0.05, 0.1) is 0 Å². The predicted octanol–water partition coefficient (Wildman–Crippen LogP) is 1.52. The summed E-state index contributed by atoms with van der Waals surface area (Å²) in [5, 5.41) is 0. The Hall–Kier alpha value is -0.0331. The number of alkyl halides is 3. The van der Waals surface area contributed by atoms with Gasteiger partial charge in [0.1, 0.15) is 0 Å². The van der Waals surface area contributed by atoms with Gasteiger partial charge in [0.15, 0.2) is 6.17 Å². The van der Waals surface area contributed by atoms with Crippen LogP contribution < -0.4 is 0 Å². The van der Waals surface area contributed by atoms with E-state index in [-0.39, 0.29) is 0 Å². The van der Waals surface area contributed by atoms with Crippen molar-refractivity contribution in [3.63, 3.8) is 0 Å². The molecule has 0 aromatic rings. The second kappa shape index (κ2) is 3.38. The summed E-state index contributed by atoms with van der Waals surface area (Å²) in [7, 11) is -1.47. The molecule has 2 atom stereocenters. The first-order valence-corrected chi connectivity index (χ1v) is 5.18. The van der Waals surface area contributed by atoms with Gasteiger partial charge in [-0.25, -0.2) is 13.2 Å². The summed E-state index contributed by atoms with van der Waals surface area (Å²) in [6.45, 7) is 2.12. The third-order valence-electron chi connectivity index (χ3n) is 1.43. The maximum absolute atomic E-state index is 12.5. The van der Waals surface area contributed by atoms with E-state index in [9.17, 15) is 13.2 Å². The zero-order valence-corrected chi connectivity index (χ0v) is 7.35. The number of hydrogen-bond acceptors (Lipinski definition) is 1. The molecule has 2 unspecified atom stereocenters. The van der Waals surface area contributed by atoms with E-state index in [1.807, 2.05) is 0 Å². The molecule has 0 amide bonds. The zero-order chi connectivity index (χ0) is 8.36. The summed E-state index contributed by atoms with van der Waals surface area (Å²) >= 11 is 0. The van der Waals surface area contributed by atoms with Crippen LogP contribution in [-0.4, -0.2) is 27.9 Å². The van der Waals surface area contributed by atoms with Gasteiger partial charge in [0.2, 0.25) is 0 Å². The van der Waals surface area contributed by atoms with Crippen LogP contribution in [0.4, 0.5) is 13.2 Å². The van der Waals surface area contributed by atoms with Crippen LogP contribution in [0.2, 0.25) is 6.55 Å². The molecule has 0 aliphatic rings. The Morgan fingerprint density at radius 1 is 1.50 bits per heavy atom. The van der Waals surface area contributed by atoms with Crippen molar-refractivity contribution in [2.24, 2.45) is 0 Å². The fourth-order valence-electron chi connectivity index (χ4n) is 0.481. The van der Waals surface area contributed by atoms with Crippen molar-refractivity contribution in [3.8, 4) is 0 Å². The summed E-state index contributed by atoms with van der Waals surface area (Å²) in [5.74, 6) is 0. The first-order chi connectivity index (χ1) is 4.42. The van der Waals surface area contributed by atoms with Gasteiger partial charge in [-0.15, -0.1) is 0 Å². The van der Waals surface area contributed by atoms with Crippen LogP contribution in [0.3, 0.4) is 0 Å². The Morgan fingerprint density at radius 2 is 1.90 bits per heavy atom. The Labute approximate surface area is 59.9 Å². The molecule has 10 heavy (non-hydrogen) atoms. The number of halogens is 3. The van der Waals surface area contributed by atoms with Gasteiger partial charge in [0, 0.05) is 7.11 Å². The Bertz CT molecular complexity index is 107. The predicted molar refractivity (Wildman–Crippen MR) is 35.5 cm³/mol. The molecule has 0 saturated carbocycles. The summed E-state index contributed by atoms with van der Waals surface area (Å²) in [4.78, 5) is 0. The van der Waals surface area contributed by atoms with Gasteiger partial charge >= 0.3 is 0 Å². The molecular formula is C5H11F3OSi. The average Bonchev–Trinajstić information content (AvgIpc) is 1.86. The fraction of sp³-hybridized carbons (Fsp3) is 1.00. The van der Waals surface area contributed by atoms with Gasteiger partial charge in [-0.05, 0) is 13.5 Å². The second-order valence-electron chi connectivity index (χ2n) is 2.17. The van der Waals surface area contributed by atoms with Crippen molar-refractivity contribution in [2.75, 3.05) is 7.11 Å². The topological polar surface area (TPSA) is 9.23 Å². The summed E-state index contributed by atoms with van der Waals surface area (Å²) in [5.41, 5.74) is -3.24. The molecule has 62 valence electrons. The van der Waals surface area contributed by atoms with Gasteiger partial charge in [-0.3, -0.25) is 0 Å². The largest absolute Gasteiger partial charge is 0.416 e. The standard InChI is InChI=1S/C5H11F3OSi/c1-4(6)5(7,8)10(3)9-2/h4,10H,1-3H3. The maximum Gasteiger partial charge on any atom is 0.283 e. The van der Waals surface area contributed by atoms with Gasteiger partial charge < -0.3 is 4.43 Å². The molecule has 0 saturated heterocycles. The van der Waals surface area contributed by atoms with E-state index >= 15 is 0 Å². The van der Waals surface area contributed by atoms with Crippen molar-refractivity contribution in [2.45, 2.75) is 25.2 Å².